The number of halogens is 3. The van der Waals surface area contributed by atoms with Crippen molar-refractivity contribution in [3.05, 3.63) is 59.2 Å². The number of aliphatic imine (C=N–C) groups is 1. The number of ether oxygens (including phenoxy) is 2. The van der Waals surface area contributed by atoms with Crippen LogP contribution in [-0.2, 0) is 19.3 Å². The van der Waals surface area contributed by atoms with Gasteiger partial charge in [-0.1, -0.05) is 18.2 Å². The lowest BCUT2D eigenvalue weighted by atomic mass is 10.1. The first-order valence-electron chi connectivity index (χ1n) is 8.19. The smallest absolute Gasteiger partial charge is 0.416 e. The van der Waals surface area contributed by atoms with E-state index in [9.17, 15) is 13.2 Å². The summed E-state index contributed by atoms with van der Waals surface area (Å²) in [6, 6.07) is 10.6. The summed E-state index contributed by atoms with van der Waals surface area (Å²) in [6.07, 6.45) is -4.33. The Kier molecular flexibility index (Phi) is 6.92. The van der Waals surface area contributed by atoms with E-state index in [0.29, 0.717) is 30.5 Å². The summed E-state index contributed by atoms with van der Waals surface area (Å²) in [7, 11) is 4.76. The number of methoxy groups -OCH3 is 2. The molecule has 0 amide bonds. The molecule has 0 bridgehead atoms. The maximum atomic E-state index is 12.6. The Morgan fingerprint density at radius 3 is 1.96 bits per heavy atom. The molecule has 0 spiro atoms. The summed E-state index contributed by atoms with van der Waals surface area (Å²) in [6.45, 7) is 0.844. The summed E-state index contributed by atoms with van der Waals surface area (Å²) >= 11 is 0. The Balaban J connectivity index is 1.91. The van der Waals surface area contributed by atoms with Gasteiger partial charge in [0.05, 0.1) is 19.8 Å². The first kappa shape index (κ1) is 20.4. The average molecular weight is 381 g/mol. The van der Waals surface area contributed by atoms with Crippen molar-refractivity contribution in [2.75, 3.05) is 21.3 Å². The monoisotopic (exact) mass is 381 g/mol. The number of alkyl halides is 3. The summed E-state index contributed by atoms with van der Waals surface area (Å²) in [5.41, 5.74) is 1.02. The van der Waals surface area contributed by atoms with Gasteiger partial charge >= 0.3 is 6.18 Å². The standard InChI is InChI=1S/C19H22F3N3O2/c1-23-18(24-11-13-4-7-15(8-5-13)19(20,21)22)25-12-14-6-9-16(26-2)17(10-14)27-3/h4-10H,11-12H2,1-3H3,(H2,23,24,25). The number of rotatable bonds is 6. The number of benzene rings is 2. The van der Waals surface area contributed by atoms with Crippen LogP contribution in [0, 0.1) is 0 Å². The largest absolute Gasteiger partial charge is 0.493 e. The normalized spacial score (nSPS) is 11.9. The lowest BCUT2D eigenvalue weighted by Gasteiger charge is -2.14. The molecule has 5 nitrogen and oxygen atoms in total. The van der Waals surface area contributed by atoms with Gasteiger partial charge in [-0.2, -0.15) is 13.2 Å². The Morgan fingerprint density at radius 1 is 0.889 bits per heavy atom. The average Bonchev–Trinajstić information content (AvgIpc) is 2.67. The molecule has 0 aliphatic rings. The molecule has 2 aromatic rings. The zero-order valence-corrected chi connectivity index (χ0v) is 15.4. The summed E-state index contributed by atoms with van der Waals surface area (Å²) in [4.78, 5) is 4.11. The van der Waals surface area contributed by atoms with E-state index in [-0.39, 0.29) is 0 Å². The Bertz CT molecular complexity index is 775. The van der Waals surface area contributed by atoms with Crippen LogP contribution in [0.5, 0.6) is 11.5 Å². The molecule has 27 heavy (non-hydrogen) atoms. The second kappa shape index (κ2) is 9.16. The minimum atomic E-state index is -4.33. The molecule has 2 aromatic carbocycles. The van der Waals surface area contributed by atoms with Crippen LogP contribution in [0.2, 0.25) is 0 Å². The fourth-order valence-corrected chi connectivity index (χ4v) is 2.39. The van der Waals surface area contributed by atoms with E-state index in [2.05, 4.69) is 15.6 Å². The molecule has 0 aromatic heterocycles. The van der Waals surface area contributed by atoms with Crippen molar-refractivity contribution in [3.8, 4) is 11.5 Å². The predicted octanol–water partition coefficient (Wildman–Crippen LogP) is 3.59. The number of guanidine groups is 1. The molecule has 0 saturated heterocycles. The Hall–Kier alpha value is -2.90. The zero-order valence-electron chi connectivity index (χ0n) is 15.4. The van der Waals surface area contributed by atoms with Crippen LogP contribution in [0.15, 0.2) is 47.5 Å². The van der Waals surface area contributed by atoms with Gasteiger partial charge < -0.3 is 20.1 Å². The Morgan fingerprint density at radius 2 is 1.44 bits per heavy atom. The Labute approximate surface area is 156 Å². The maximum Gasteiger partial charge on any atom is 0.416 e. The fourth-order valence-electron chi connectivity index (χ4n) is 2.39. The maximum absolute atomic E-state index is 12.6. The third-order valence-electron chi connectivity index (χ3n) is 3.87. The van der Waals surface area contributed by atoms with Gasteiger partial charge in [0, 0.05) is 20.1 Å². The van der Waals surface area contributed by atoms with E-state index < -0.39 is 11.7 Å². The highest BCUT2D eigenvalue weighted by Crippen LogP contribution is 2.29. The van der Waals surface area contributed by atoms with Crippen LogP contribution in [0.3, 0.4) is 0 Å². The second-order valence-electron chi connectivity index (χ2n) is 5.66. The van der Waals surface area contributed by atoms with Crippen molar-refractivity contribution in [1.29, 1.82) is 0 Å². The van der Waals surface area contributed by atoms with Crippen molar-refractivity contribution < 1.29 is 22.6 Å². The molecule has 146 valence electrons. The van der Waals surface area contributed by atoms with Crippen LogP contribution in [0.4, 0.5) is 13.2 Å². The highest BCUT2D eigenvalue weighted by Gasteiger charge is 2.29. The molecular weight excluding hydrogens is 359 g/mol. The number of hydrogen-bond acceptors (Lipinski definition) is 3. The molecule has 0 aliphatic carbocycles. The topological polar surface area (TPSA) is 54.9 Å². The minimum absolute atomic E-state index is 0.351. The number of nitrogens with zero attached hydrogens (tertiary/aromatic N) is 1. The van der Waals surface area contributed by atoms with Crippen LogP contribution in [-0.4, -0.2) is 27.2 Å². The van der Waals surface area contributed by atoms with E-state index in [4.69, 9.17) is 9.47 Å². The zero-order chi connectivity index (χ0) is 19.9. The minimum Gasteiger partial charge on any atom is -0.493 e. The predicted molar refractivity (Wildman–Crippen MR) is 98.0 cm³/mol. The van der Waals surface area contributed by atoms with Gasteiger partial charge in [0.1, 0.15) is 0 Å². The number of nitrogens with one attached hydrogen (secondary N) is 2. The SMILES string of the molecule is CN=C(NCc1ccc(C(F)(F)F)cc1)NCc1ccc(OC)c(OC)c1. The van der Waals surface area contributed by atoms with E-state index in [1.807, 2.05) is 18.2 Å². The van der Waals surface area contributed by atoms with E-state index >= 15 is 0 Å². The van der Waals surface area contributed by atoms with Crippen molar-refractivity contribution in [2.24, 2.45) is 4.99 Å². The van der Waals surface area contributed by atoms with Crippen LogP contribution >= 0.6 is 0 Å². The highest BCUT2D eigenvalue weighted by atomic mass is 19.4. The van der Waals surface area contributed by atoms with Gasteiger partial charge in [-0.25, -0.2) is 0 Å². The molecule has 0 unspecified atom stereocenters. The van der Waals surface area contributed by atoms with Gasteiger partial charge in [-0.15, -0.1) is 0 Å². The summed E-state index contributed by atoms with van der Waals surface area (Å²) < 4.78 is 48.2. The molecule has 0 fully saturated rings. The third kappa shape index (κ3) is 5.80. The summed E-state index contributed by atoms with van der Waals surface area (Å²) in [5, 5.41) is 6.21. The quantitative estimate of drug-likeness (QED) is 0.593. The van der Waals surface area contributed by atoms with Crippen LogP contribution in [0.1, 0.15) is 16.7 Å². The first-order valence-corrected chi connectivity index (χ1v) is 8.19. The molecule has 0 atom stereocenters. The third-order valence-corrected chi connectivity index (χ3v) is 3.87. The van der Waals surface area contributed by atoms with E-state index in [0.717, 1.165) is 23.3 Å². The van der Waals surface area contributed by atoms with Crippen LogP contribution in [0.25, 0.3) is 0 Å². The van der Waals surface area contributed by atoms with Gasteiger partial charge in [-0.3, -0.25) is 4.99 Å². The van der Waals surface area contributed by atoms with Crippen molar-refractivity contribution in [3.63, 3.8) is 0 Å². The van der Waals surface area contributed by atoms with Crippen molar-refractivity contribution >= 4 is 5.96 Å². The van der Waals surface area contributed by atoms with E-state index in [1.54, 1.807) is 21.3 Å². The fraction of sp³-hybridized carbons (Fsp3) is 0.316. The molecule has 2 N–H and O–H groups in total. The highest BCUT2D eigenvalue weighted by molar-refractivity contribution is 5.79. The second-order valence-corrected chi connectivity index (χ2v) is 5.66. The lowest BCUT2D eigenvalue weighted by Crippen LogP contribution is -2.36. The van der Waals surface area contributed by atoms with Gasteiger partial charge in [0.15, 0.2) is 17.5 Å². The van der Waals surface area contributed by atoms with Crippen molar-refractivity contribution in [2.45, 2.75) is 19.3 Å². The first-order chi connectivity index (χ1) is 12.9. The summed E-state index contributed by atoms with van der Waals surface area (Å²) in [5.74, 6) is 1.81. The van der Waals surface area contributed by atoms with Crippen molar-refractivity contribution in [1.82, 2.24) is 10.6 Å². The van der Waals surface area contributed by atoms with Gasteiger partial charge in [0.2, 0.25) is 0 Å². The van der Waals surface area contributed by atoms with Gasteiger partial charge in [-0.05, 0) is 35.4 Å². The molecule has 2 rings (SSSR count). The lowest BCUT2D eigenvalue weighted by molar-refractivity contribution is -0.137. The molecule has 0 radical (unpaired) electrons. The molecule has 0 heterocycles. The molecule has 0 saturated carbocycles. The molecule has 8 heteroatoms. The van der Waals surface area contributed by atoms with E-state index in [1.165, 1.54) is 12.1 Å². The number of hydrogen-bond donors (Lipinski definition) is 2. The molecule has 0 aliphatic heterocycles. The molecular formula is C19H22F3N3O2. The van der Waals surface area contributed by atoms with Gasteiger partial charge in [0.25, 0.3) is 0 Å². The van der Waals surface area contributed by atoms with Crippen LogP contribution < -0.4 is 20.1 Å².